The number of rotatable bonds is 5. The first kappa shape index (κ1) is 20.0. The molecule has 29 heavy (non-hydrogen) atoms. The smallest absolute Gasteiger partial charge is 0.336 e. The van der Waals surface area contributed by atoms with Crippen molar-refractivity contribution in [2.75, 3.05) is 0 Å². The van der Waals surface area contributed by atoms with E-state index in [1.165, 1.54) is 17.8 Å². The van der Waals surface area contributed by atoms with Crippen LogP contribution in [0, 0.1) is 0 Å². The van der Waals surface area contributed by atoms with Crippen LogP contribution in [0.1, 0.15) is 18.1 Å². The molecule has 0 unspecified atom stereocenters. The summed E-state index contributed by atoms with van der Waals surface area (Å²) in [4.78, 5) is 12.0. The molecule has 0 saturated heterocycles. The second-order valence-electron chi connectivity index (χ2n) is 6.54. The van der Waals surface area contributed by atoms with E-state index in [0.717, 1.165) is 39.5 Å². The van der Waals surface area contributed by atoms with Crippen molar-refractivity contribution in [2.45, 2.75) is 24.3 Å². The summed E-state index contributed by atoms with van der Waals surface area (Å²) in [6, 6.07) is 12.7. The van der Waals surface area contributed by atoms with Crippen LogP contribution in [0.15, 0.2) is 56.8 Å². The van der Waals surface area contributed by atoms with Crippen LogP contribution in [0.25, 0.3) is 22.4 Å². The molecule has 0 atom stereocenters. The van der Waals surface area contributed by atoms with Crippen molar-refractivity contribution in [3.8, 4) is 11.4 Å². The van der Waals surface area contributed by atoms with Crippen LogP contribution in [0.3, 0.4) is 0 Å². The summed E-state index contributed by atoms with van der Waals surface area (Å²) in [6.45, 7) is 2.01. The van der Waals surface area contributed by atoms with Crippen molar-refractivity contribution in [1.82, 2.24) is 14.8 Å². The fraction of sp³-hybridized carbons (Fsp3) is 0.190. The first-order valence-corrected chi connectivity index (χ1v) is 10.7. The van der Waals surface area contributed by atoms with Crippen molar-refractivity contribution in [3.05, 3.63) is 74.1 Å². The zero-order valence-electron chi connectivity index (χ0n) is 15.8. The van der Waals surface area contributed by atoms with Gasteiger partial charge in [-0.3, -0.25) is 0 Å². The second kappa shape index (κ2) is 8.22. The van der Waals surface area contributed by atoms with E-state index in [-0.39, 0.29) is 5.63 Å². The highest BCUT2D eigenvalue weighted by Crippen LogP contribution is 2.31. The molecule has 0 spiro atoms. The third-order valence-electron chi connectivity index (χ3n) is 4.67. The molecule has 0 bridgehead atoms. The number of aryl methyl sites for hydroxylation is 1. The zero-order valence-corrected chi connectivity index (χ0v) is 18.1. The van der Waals surface area contributed by atoms with Gasteiger partial charge in [-0.2, -0.15) is 0 Å². The lowest BCUT2D eigenvalue weighted by Gasteiger charge is -2.08. The molecule has 4 rings (SSSR count). The van der Waals surface area contributed by atoms with Gasteiger partial charge in [0, 0.05) is 39.9 Å². The molecule has 2 aromatic heterocycles. The fourth-order valence-corrected chi connectivity index (χ4v) is 4.44. The Bertz CT molecular complexity index is 1250. The Morgan fingerprint density at radius 2 is 1.83 bits per heavy atom. The second-order valence-corrected chi connectivity index (χ2v) is 8.33. The molecule has 4 aromatic rings. The molecule has 0 fully saturated rings. The van der Waals surface area contributed by atoms with Crippen LogP contribution in [-0.4, -0.2) is 14.8 Å². The quantitative estimate of drug-likeness (QED) is 0.289. The van der Waals surface area contributed by atoms with E-state index in [4.69, 9.17) is 27.6 Å². The summed E-state index contributed by atoms with van der Waals surface area (Å²) in [5.41, 5.74) is 2.90. The lowest BCUT2D eigenvalue weighted by Crippen LogP contribution is -2.01. The highest BCUT2D eigenvalue weighted by molar-refractivity contribution is 7.98. The van der Waals surface area contributed by atoms with Gasteiger partial charge in [0.15, 0.2) is 11.0 Å². The Hall–Kier alpha value is -2.28. The Morgan fingerprint density at radius 1 is 1.07 bits per heavy atom. The van der Waals surface area contributed by atoms with Gasteiger partial charge in [0.1, 0.15) is 5.58 Å². The predicted molar refractivity (Wildman–Crippen MR) is 118 cm³/mol. The molecule has 0 radical (unpaired) electrons. The number of halogens is 2. The van der Waals surface area contributed by atoms with Crippen LogP contribution >= 0.6 is 35.0 Å². The first-order valence-electron chi connectivity index (χ1n) is 8.99. The van der Waals surface area contributed by atoms with Crippen LogP contribution in [0.5, 0.6) is 0 Å². The highest BCUT2D eigenvalue weighted by Gasteiger charge is 2.14. The van der Waals surface area contributed by atoms with E-state index >= 15 is 0 Å². The molecule has 2 aromatic carbocycles. The normalized spacial score (nSPS) is 11.3. The minimum Gasteiger partial charge on any atom is -0.423 e. The van der Waals surface area contributed by atoms with Gasteiger partial charge in [0.05, 0.1) is 0 Å². The average molecular weight is 446 g/mol. The number of fused-ring (bicyclic) bond motifs is 1. The van der Waals surface area contributed by atoms with Crippen molar-refractivity contribution in [3.63, 3.8) is 0 Å². The molecular weight excluding hydrogens is 429 g/mol. The summed E-state index contributed by atoms with van der Waals surface area (Å²) in [6.07, 6.45) is 0.768. The van der Waals surface area contributed by atoms with Crippen LogP contribution < -0.4 is 5.63 Å². The van der Waals surface area contributed by atoms with Crippen LogP contribution in [0.2, 0.25) is 10.0 Å². The van der Waals surface area contributed by atoms with Gasteiger partial charge >= 0.3 is 5.63 Å². The minimum atomic E-state index is -0.378. The number of nitrogens with zero attached hydrogens (tertiary/aromatic N) is 3. The molecule has 0 aliphatic rings. The molecule has 148 valence electrons. The molecule has 8 heteroatoms. The molecule has 0 amide bonds. The first-order chi connectivity index (χ1) is 14.0. The molecule has 0 saturated carbocycles. The van der Waals surface area contributed by atoms with E-state index in [1.54, 1.807) is 0 Å². The molecule has 0 N–H and O–H groups in total. The minimum absolute atomic E-state index is 0.378. The summed E-state index contributed by atoms with van der Waals surface area (Å²) in [5.74, 6) is 1.29. The van der Waals surface area contributed by atoms with Crippen molar-refractivity contribution in [2.24, 2.45) is 7.05 Å². The van der Waals surface area contributed by atoms with Crippen molar-refractivity contribution in [1.29, 1.82) is 0 Å². The standard InChI is InChI=1S/C21H17Cl2N3O2S/c1-3-12-8-18-16(10-17(12)23)14(9-19(27)28-18)11-29-21-25-24-20(26(21)2)13-4-6-15(22)7-5-13/h4-10H,3,11H2,1-2H3. The van der Waals surface area contributed by atoms with Gasteiger partial charge in [-0.05, 0) is 53.9 Å². The average Bonchev–Trinajstić information content (AvgIpc) is 3.07. The van der Waals surface area contributed by atoms with Crippen molar-refractivity contribution < 1.29 is 4.42 Å². The lowest BCUT2D eigenvalue weighted by molar-refractivity contribution is 0.559. The van der Waals surface area contributed by atoms with Crippen LogP contribution in [0.4, 0.5) is 0 Å². The number of aromatic nitrogens is 3. The maximum Gasteiger partial charge on any atom is 0.336 e. The molecule has 0 aliphatic carbocycles. The molecule has 2 heterocycles. The van der Waals surface area contributed by atoms with Gasteiger partial charge in [-0.25, -0.2) is 4.79 Å². The number of hydrogen-bond acceptors (Lipinski definition) is 5. The molecule has 0 aliphatic heterocycles. The third-order valence-corrected chi connectivity index (χ3v) is 6.35. The molecule has 5 nitrogen and oxygen atoms in total. The summed E-state index contributed by atoms with van der Waals surface area (Å²) < 4.78 is 7.30. The highest BCUT2D eigenvalue weighted by atomic mass is 35.5. The van der Waals surface area contributed by atoms with E-state index < -0.39 is 0 Å². The summed E-state index contributed by atoms with van der Waals surface area (Å²) in [7, 11) is 1.91. The lowest BCUT2D eigenvalue weighted by atomic mass is 10.1. The zero-order chi connectivity index (χ0) is 20.5. The van der Waals surface area contributed by atoms with E-state index in [1.807, 2.05) is 54.9 Å². The monoisotopic (exact) mass is 445 g/mol. The number of hydrogen-bond donors (Lipinski definition) is 0. The Labute approximate surface area is 181 Å². The van der Waals surface area contributed by atoms with Gasteiger partial charge in [0.2, 0.25) is 0 Å². The SMILES string of the molecule is CCc1cc2oc(=O)cc(CSc3nnc(-c4ccc(Cl)cc4)n3C)c2cc1Cl. The topological polar surface area (TPSA) is 60.9 Å². The fourth-order valence-electron chi connectivity index (χ4n) is 3.11. The van der Waals surface area contributed by atoms with Gasteiger partial charge in [0.25, 0.3) is 0 Å². The Morgan fingerprint density at radius 3 is 2.55 bits per heavy atom. The Balaban J connectivity index is 1.64. The number of thioether (sulfide) groups is 1. The van der Waals surface area contributed by atoms with Gasteiger partial charge < -0.3 is 8.98 Å². The predicted octanol–water partition coefficient (Wildman–Crippen LogP) is 5.75. The summed E-state index contributed by atoms with van der Waals surface area (Å²) in [5, 5.41) is 11.5. The largest absolute Gasteiger partial charge is 0.423 e. The molecular formula is C21H17Cl2N3O2S. The van der Waals surface area contributed by atoms with E-state index in [0.29, 0.717) is 21.4 Å². The maximum atomic E-state index is 12.0. The van der Waals surface area contributed by atoms with Crippen LogP contribution in [-0.2, 0) is 19.2 Å². The van der Waals surface area contributed by atoms with Crippen molar-refractivity contribution >= 4 is 45.9 Å². The van der Waals surface area contributed by atoms with Gasteiger partial charge in [-0.1, -0.05) is 41.9 Å². The summed E-state index contributed by atoms with van der Waals surface area (Å²) >= 11 is 13.8. The maximum absolute atomic E-state index is 12.0. The third kappa shape index (κ3) is 4.06. The Kier molecular flexibility index (Phi) is 5.67. The number of benzene rings is 2. The van der Waals surface area contributed by atoms with E-state index in [9.17, 15) is 4.79 Å². The van der Waals surface area contributed by atoms with E-state index in [2.05, 4.69) is 10.2 Å². The van der Waals surface area contributed by atoms with Gasteiger partial charge in [-0.15, -0.1) is 10.2 Å².